The van der Waals surface area contributed by atoms with Crippen LogP contribution in [0.1, 0.15) is 6.92 Å². The van der Waals surface area contributed by atoms with E-state index >= 15 is 0 Å². The van der Waals surface area contributed by atoms with Crippen molar-refractivity contribution in [1.29, 1.82) is 0 Å². The van der Waals surface area contributed by atoms with Crippen LogP contribution in [0.15, 0.2) is 30.5 Å². The molecule has 0 fully saturated rings. The number of anilines is 1. The highest BCUT2D eigenvalue weighted by Gasteiger charge is 2.12. The molecule has 6 heteroatoms. The molecule has 1 aromatic heterocycles. The van der Waals surface area contributed by atoms with E-state index in [0.717, 1.165) is 11.1 Å². The Morgan fingerprint density at radius 3 is 2.79 bits per heavy atom. The van der Waals surface area contributed by atoms with Gasteiger partial charge in [0.1, 0.15) is 9.84 Å². The van der Waals surface area contributed by atoms with E-state index in [9.17, 15) is 8.42 Å². The fourth-order valence-corrected chi connectivity index (χ4v) is 3.23. The van der Waals surface area contributed by atoms with Gasteiger partial charge in [-0.05, 0) is 31.2 Å². The number of benzene rings is 1. The summed E-state index contributed by atoms with van der Waals surface area (Å²) in [6, 6.07) is 7.14. The van der Waals surface area contributed by atoms with Gasteiger partial charge in [0.15, 0.2) is 0 Å². The number of sulfone groups is 1. The van der Waals surface area contributed by atoms with Crippen LogP contribution >= 0.6 is 11.6 Å². The summed E-state index contributed by atoms with van der Waals surface area (Å²) in [5, 5.41) is 4.66. The Morgan fingerprint density at radius 1 is 1.37 bits per heavy atom. The molecule has 4 nitrogen and oxygen atoms in total. The molecule has 1 atom stereocenters. The second-order valence-electron chi connectivity index (χ2n) is 4.63. The molecule has 0 amide bonds. The maximum Gasteiger partial charge on any atom is 0.149 e. The Balaban J connectivity index is 2.34. The second kappa shape index (κ2) is 5.35. The highest BCUT2D eigenvalue weighted by molar-refractivity contribution is 7.90. The van der Waals surface area contributed by atoms with Crippen molar-refractivity contribution in [2.45, 2.75) is 13.0 Å². The Bertz CT molecular complexity index is 701. The van der Waals surface area contributed by atoms with Gasteiger partial charge in [0, 0.05) is 29.6 Å². The molecule has 19 heavy (non-hydrogen) atoms. The number of pyridine rings is 1. The van der Waals surface area contributed by atoms with Crippen molar-refractivity contribution in [3.05, 3.63) is 35.5 Å². The quantitative estimate of drug-likeness (QED) is 0.943. The van der Waals surface area contributed by atoms with Crippen molar-refractivity contribution in [3.8, 4) is 0 Å². The van der Waals surface area contributed by atoms with Crippen LogP contribution in [0.2, 0.25) is 5.02 Å². The highest BCUT2D eigenvalue weighted by atomic mass is 35.5. The average Bonchev–Trinajstić information content (AvgIpc) is 2.31. The molecule has 0 bridgehead atoms. The molecule has 0 aliphatic heterocycles. The van der Waals surface area contributed by atoms with E-state index < -0.39 is 9.84 Å². The minimum atomic E-state index is -3.01. The standard InChI is InChI=1S/C13H15ClN2O2S/c1-9(8-19(2,17)18)16-12-6-5-11(14)13-10(12)4-3-7-15-13/h3-7,9,16H,8H2,1-2H3. The van der Waals surface area contributed by atoms with Gasteiger partial charge in [-0.1, -0.05) is 11.6 Å². The summed E-state index contributed by atoms with van der Waals surface area (Å²) >= 11 is 6.09. The van der Waals surface area contributed by atoms with E-state index in [1.807, 2.05) is 25.1 Å². The molecule has 102 valence electrons. The zero-order valence-electron chi connectivity index (χ0n) is 10.7. The number of halogens is 1. The molecule has 2 rings (SSSR count). The van der Waals surface area contributed by atoms with E-state index in [0.29, 0.717) is 10.5 Å². The Hall–Kier alpha value is -1.33. The van der Waals surface area contributed by atoms with Crippen LogP contribution < -0.4 is 5.32 Å². The number of aromatic nitrogens is 1. The number of hydrogen-bond acceptors (Lipinski definition) is 4. The molecule has 0 aliphatic carbocycles. The Labute approximate surface area is 117 Å². The first kappa shape index (κ1) is 14.1. The van der Waals surface area contributed by atoms with E-state index in [1.165, 1.54) is 6.26 Å². The first-order valence-electron chi connectivity index (χ1n) is 5.84. The van der Waals surface area contributed by atoms with Crippen molar-refractivity contribution in [1.82, 2.24) is 4.98 Å². The molecule has 1 unspecified atom stereocenters. The van der Waals surface area contributed by atoms with Gasteiger partial charge < -0.3 is 5.32 Å². The van der Waals surface area contributed by atoms with Gasteiger partial charge >= 0.3 is 0 Å². The van der Waals surface area contributed by atoms with Crippen molar-refractivity contribution in [2.24, 2.45) is 0 Å². The number of fused-ring (bicyclic) bond motifs is 1. The monoisotopic (exact) mass is 298 g/mol. The highest BCUT2D eigenvalue weighted by Crippen LogP contribution is 2.28. The summed E-state index contributed by atoms with van der Waals surface area (Å²) in [5.74, 6) is 0.0807. The SMILES string of the molecule is CC(CS(C)(=O)=O)Nc1ccc(Cl)c2ncccc12. The van der Waals surface area contributed by atoms with Crippen LogP contribution in [0.25, 0.3) is 10.9 Å². The number of nitrogens with zero attached hydrogens (tertiary/aromatic N) is 1. The largest absolute Gasteiger partial charge is 0.381 e. The molecule has 2 aromatic rings. The molecule has 1 heterocycles. The van der Waals surface area contributed by atoms with Gasteiger partial charge in [-0.25, -0.2) is 8.42 Å². The van der Waals surface area contributed by atoms with Gasteiger partial charge in [-0.15, -0.1) is 0 Å². The zero-order valence-corrected chi connectivity index (χ0v) is 12.3. The molecule has 0 aliphatic rings. The molecule has 1 N–H and O–H groups in total. The molecule has 0 radical (unpaired) electrons. The van der Waals surface area contributed by atoms with Crippen molar-refractivity contribution in [2.75, 3.05) is 17.3 Å². The van der Waals surface area contributed by atoms with E-state index in [2.05, 4.69) is 10.3 Å². The lowest BCUT2D eigenvalue weighted by Crippen LogP contribution is -2.25. The lowest BCUT2D eigenvalue weighted by atomic mass is 10.1. The first-order chi connectivity index (χ1) is 8.87. The normalized spacial score (nSPS) is 13.4. The van der Waals surface area contributed by atoms with Gasteiger partial charge in [-0.3, -0.25) is 4.98 Å². The molecule has 0 spiro atoms. The van der Waals surface area contributed by atoms with Gasteiger partial charge in [0.05, 0.1) is 16.3 Å². The third-order valence-electron chi connectivity index (χ3n) is 2.68. The van der Waals surface area contributed by atoms with Gasteiger partial charge in [0.2, 0.25) is 0 Å². The third kappa shape index (κ3) is 3.58. The molecule has 1 aromatic carbocycles. The van der Waals surface area contributed by atoms with Crippen LogP contribution in [0, 0.1) is 0 Å². The van der Waals surface area contributed by atoms with Crippen LogP contribution in [0.4, 0.5) is 5.69 Å². The lowest BCUT2D eigenvalue weighted by molar-refractivity contribution is 0.598. The van der Waals surface area contributed by atoms with Crippen LogP contribution in [-0.4, -0.2) is 31.5 Å². The predicted octanol–water partition coefficient (Wildman–Crippen LogP) is 2.73. The average molecular weight is 299 g/mol. The fourth-order valence-electron chi connectivity index (χ4n) is 2.03. The molecule has 0 saturated carbocycles. The molecular formula is C13H15ClN2O2S. The topological polar surface area (TPSA) is 59.1 Å². The Kier molecular flexibility index (Phi) is 3.96. The smallest absolute Gasteiger partial charge is 0.149 e. The maximum absolute atomic E-state index is 11.3. The van der Waals surface area contributed by atoms with Gasteiger partial charge in [-0.2, -0.15) is 0 Å². The van der Waals surface area contributed by atoms with Gasteiger partial charge in [0.25, 0.3) is 0 Å². The fraction of sp³-hybridized carbons (Fsp3) is 0.308. The summed E-state index contributed by atoms with van der Waals surface area (Å²) in [6.07, 6.45) is 2.91. The van der Waals surface area contributed by atoms with Crippen LogP contribution in [0.5, 0.6) is 0 Å². The van der Waals surface area contributed by atoms with E-state index in [-0.39, 0.29) is 11.8 Å². The summed E-state index contributed by atoms with van der Waals surface area (Å²) < 4.78 is 22.6. The number of nitrogens with one attached hydrogen (secondary N) is 1. The summed E-state index contributed by atoms with van der Waals surface area (Å²) in [5.41, 5.74) is 1.55. The lowest BCUT2D eigenvalue weighted by Gasteiger charge is -2.16. The van der Waals surface area contributed by atoms with Crippen LogP contribution in [0.3, 0.4) is 0 Å². The predicted molar refractivity (Wildman–Crippen MR) is 79.5 cm³/mol. The number of hydrogen-bond donors (Lipinski definition) is 1. The minimum Gasteiger partial charge on any atom is -0.381 e. The second-order valence-corrected chi connectivity index (χ2v) is 7.22. The summed E-state index contributed by atoms with van der Waals surface area (Å²) in [6.45, 7) is 1.83. The molecule has 0 saturated heterocycles. The summed E-state index contributed by atoms with van der Waals surface area (Å²) in [7, 11) is -3.01. The van der Waals surface area contributed by atoms with Crippen LogP contribution in [-0.2, 0) is 9.84 Å². The minimum absolute atomic E-state index is 0.0807. The first-order valence-corrected chi connectivity index (χ1v) is 8.28. The van der Waals surface area contributed by atoms with Crippen molar-refractivity contribution >= 4 is 38.0 Å². The van der Waals surface area contributed by atoms with E-state index in [4.69, 9.17) is 11.6 Å². The number of rotatable bonds is 4. The zero-order chi connectivity index (χ0) is 14.0. The van der Waals surface area contributed by atoms with E-state index in [1.54, 1.807) is 12.3 Å². The Morgan fingerprint density at radius 2 is 2.11 bits per heavy atom. The summed E-state index contributed by atoms with van der Waals surface area (Å²) in [4.78, 5) is 4.23. The third-order valence-corrected chi connectivity index (χ3v) is 4.09. The van der Waals surface area contributed by atoms with Crippen molar-refractivity contribution < 1.29 is 8.42 Å². The molecular weight excluding hydrogens is 284 g/mol. The maximum atomic E-state index is 11.3. The van der Waals surface area contributed by atoms with Crippen molar-refractivity contribution in [3.63, 3.8) is 0 Å².